The Hall–Kier alpha value is -1.51. The largest absolute Gasteiger partial charge is 0.497 e. The first-order valence-electron chi connectivity index (χ1n) is 6.75. The van der Waals surface area contributed by atoms with Crippen LogP contribution >= 0.6 is 11.6 Å². The third kappa shape index (κ3) is 3.75. The molecule has 0 radical (unpaired) electrons. The lowest BCUT2D eigenvalue weighted by Gasteiger charge is -2.21. The summed E-state index contributed by atoms with van der Waals surface area (Å²) >= 11 is 6.03. The van der Waals surface area contributed by atoms with Crippen molar-refractivity contribution in [2.75, 3.05) is 7.11 Å². The molecule has 0 aromatic heterocycles. The molecule has 106 valence electrons. The second-order valence-electron chi connectivity index (χ2n) is 4.94. The number of hydrogen-bond acceptors (Lipinski definition) is 2. The van der Waals surface area contributed by atoms with Gasteiger partial charge in [0.25, 0.3) is 0 Å². The Bertz CT molecular complexity index is 553. The van der Waals surface area contributed by atoms with Crippen LogP contribution in [-0.4, -0.2) is 7.11 Å². The standard InChI is InChI=1S/C17H20ClNO/c1-12(14-7-9-17(20-3)10-8-14)19-13(2)15-5-4-6-16(18)11-15/h4-13,19H,1-3H3/t12?,13-/m0/s1. The van der Waals surface area contributed by atoms with Gasteiger partial charge < -0.3 is 10.1 Å². The molecule has 0 amide bonds. The minimum Gasteiger partial charge on any atom is -0.497 e. The summed E-state index contributed by atoms with van der Waals surface area (Å²) in [5.74, 6) is 0.879. The number of ether oxygens (including phenoxy) is 1. The SMILES string of the molecule is COc1ccc(C(C)N[C@@H](C)c2cccc(Cl)c2)cc1. The van der Waals surface area contributed by atoms with Gasteiger partial charge in [-0.05, 0) is 49.2 Å². The first-order valence-corrected chi connectivity index (χ1v) is 7.13. The number of methoxy groups -OCH3 is 1. The molecule has 2 atom stereocenters. The molecule has 0 saturated heterocycles. The summed E-state index contributed by atoms with van der Waals surface area (Å²) in [4.78, 5) is 0. The van der Waals surface area contributed by atoms with E-state index < -0.39 is 0 Å². The molecule has 0 heterocycles. The lowest BCUT2D eigenvalue weighted by Crippen LogP contribution is -2.22. The van der Waals surface area contributed by atoms with Gasteiger partial charge in [0.2, 0.25) is 0 Å². The molecule has 2 rings (SSSR count). The van der Waals surface area contributed by atoms with Crippen LogP contribution in [0.4, 0.5) is 0 Å². The van der Waals surface area contributed by atoms with E-state index in [0.717, 1.165) is 10.8 Å². The topological polar surface area (TPSA) is 21.3 Å². The Balaban J connectivity index is 2.04. The highest BCUT2D eigenvalue weighted by atomic mass is 35.5. The van der Waals surface area contributed by atoms with Crippen LogP contribution in [0.15, 0.2) is 48.5 Å². The van der Waals surface area contributed by atoms with Gasteiger partial charge >= 0.3 is 0 Å². The molecule has 20 heavy (non-hydrogen) atoms. The van der Waals surface area contributed by atoms with Crippen LogP contribution in [0.1, 0.15) is 37.1 Å². The van der Waals surface area contributed by atoms with Gasteiger partial charge in [-0.3, -0.25) is 0 Å². The van der Waals surface area contributed by atoms with Crippen LogP contribution in [0.25, 0.3) is 0 Å². The first kappa shape index (κ1) is 14.9. The first-order chi connectivity index (χ1) is 9.60. The second-order valence-corrected chi connectivity index (χ2v) is 5.37. The van der Waals surface area contributed by atoms with Gasteiger partial charge in [0.1, 0.15) is 5.75 Å². The molecule has 0 saturated carbocycles. The summed E-state index contributed by atoms with van der Waals surface area (Å²) in [5, 5.41) is 4.35. The molecule has 0 aliphatic rings. The molecule has 0 fully saturated rings. The van der Waals surface area contributed by atoms with Crippen molar-refractivity contribution in [2.45, 2.75) is 25.9 Å². The number of nitrogens with one attached hydrogen (secondary N) is 1. The Labute approximate surface area is 125 Å². The average Bonchev–Trinajstić information content (AvgIpc) is 2.47. The quantitative estimate of drug-likeness (QED) is 0.857. The predicted octanol–water partition coefficient (Wildman–Crippen LogP) is 4.76. The van der Waals surface area contributed by atoms with Crippen molar-refractivity contribution in [2.24, 2.45) is 0 Å². The fourth-order valence-corrected chi connectivity index (χ4v) is 2.43. The van der Waals surface area contributed by atoms with E-state index in [1.54, 1.807) is 7.11 Å². The van der Waals surface area contributed by atoms with Crippen LogP contribution in [0.2, 0.25) is 5.02 Å². The highest BCUT2D eigenvalue weighted by Gasteiger charge is 2.11. The van der Waals surface area contributed by atoms with Crippen molar-refractivity contribution in [3.63, 3.8) is 0 Å². The van der Waals surface area contributed by atoms with E-state index in [4.69, 9.17) is 16.3 Å². The van der Waals surface area contributed by atoms with E-state index in [1.165, 1.54) is 11.1 Å². The summed E-state index contributed by atoms with van der Waals surface area (Å²) in [6.45, 7) is 4.30. The van der Waals surface area contributed by atoms with E-state index in [0.29, 0.717) is 0 Å². The van der Waals surface area contributed by atoms with Crippen LogP contribution in [-0.2, 0) is 0 Å². The van der Waals surface area contributed by atoms with Crippen LogP contribution in [0.3, 0.4) is 0 Å². The zero-order valence-corrected chi connectivity index (χ0v) is 12.8. The van der Waals surface area contributed by atoms with E-state index in [-0.39, 0.29) is 12.1 Å². The summed E-state index contributed by atoms with van der Waals surface area (Å²) in [7, 11) is 1.68. The molecule has 0 aliphatic heterocycles. The fourth-order valence-electron chi connectivity index (χ4n) is 2.24. The molecule has 2 aromatic carbocycles. The van der Waals surface area contributed by atoms with Crippen LogP contribution in [0.5, 0.6) is 5.75 Å². The zero-order valence-electron chi connectivity index (χ0n) is 12.1. The monoisotopic (exact) mass is 289 g/mol. The maximum Gasteiger partial charge on any atom is 0.118 e. The van der Waals surface area contributed by atoms with Gasteiger partial charge in [0.15, 0.2) is 0 Å². The smallest absolute Gasteiger partial charge is 0.118 e. The minimum atomic E-state index is 0.241. The number of rotatable bonds is 5. The highest BCUT2D eigenvalue weighted by Crippen LogP contribution is 2.22. The van der Waals surface area contributed by atoms with E-state index in [2.05, 4.69) is 37.4 Å². The summed E-state index contributed by atoms with van der Waals surface area (Å²) in [6.07, 6.45) is 0. The van der Waals surface area contributed by atoms with Gasteiger partial charge in [-0.15, -0.1) is 0 Å². The van der Waals surface area contributed by atoms with Gasteiger partial charge in [-0.25, -0.2) is 0 Å². The van der Waals surface area contributed by atoms with Gasteiger partial charge in [0, 0.05) is 17.1 Å². The number of halogens is 1. The molecule has 2 aromatic rings. The molecule has 1 N–H and O–H groups in total. The van der Waals surface area contributed by atoms with E-state index in [9.17, 15) is 0 Å². The highest BCUT2D eigenvalue weighted by molar-refractivity contribution is 6.30. The van der Waals surface area contributed by atoms with E-state index in [1.807, 2.05) is 30.3 Å². The Morgan fingerprint density at radius 1 is 0.950 bits per heavy atom. The van der Waals surface area contributed by atoms with Crippen LogP contribution < -0.4 is 10.1 Å². The molecular weight excluding hydrogens is 270 g/mol. The van der Waals surface area contributed by atoms with Crippen molar-refractivity contribution < 1.29 is 4.74 Å². The third-order valence-corrected chi connectivity index (χ3v) is 3.70. The van der Waals surface area contributed by atoms with Gasteiger partial charge in [0.05, 0.1) is 7.11 Å². The van der Waals surface area contributed by atoms with Crippen LogP contribution in [0, 0.1) is 0 Å². The van der Waals surface area contributed by atoms with E-state index >= 15 is 0 Å². The Morgan fingerprint density at radius 3 is 2.20 bits per heavy atom. The minimum absolute atomic E-state index is 0.241. The third-order valence-electron chi connectivity index (χ3n) is 3.46. The average molecular weight is 290 g/mol. The van der Waals surface area contributed by atoms with Gasteiger partial charge in [-0.2, -0.15) is 0 Å². The van der Waals surface area contributed by atoms with Crippen molar-refractivity contribution >= 4 is 11.6 Å². The molecule has 2 nitrogen and oxygen atoms in total. The second kappa shape index (κ2) is 6.78. The normalized spacial score (nSPS) is 13.8. The lowest BCUT2D eigenvalue weighted by atomic mass is 10.0. The molecular formula is C17H20ClNO. The molecule has 0 aliphatic carbocycles. The van der Waals surface area contributed by atoms with Crippen molar-refractivity contribution in [3.05, 3.63) is 64.7 Å². The summed E-state index contributed by atoms with van der Waals surface area (Å²) in [5.41, 5.74) is 2.43. The molecule has 0 spiro atoms. The maximum absolute atomic E-state index is 6.03. The summed E-state index contributed by atoms with van der Waals surface area (Å²) in [6, 6.07) is 16.6. The Morgan fingerprint density at radius 2 is 1.60 bits per heavy atom. The Kier molecular flexibility index (Phi) is 5.05. The lowest BCUT2D eigenvalue weighted by molar-refractivity contribution is 0.414. The number of hydrogen-bond donors (Lipinski definition) is 1. The molecule has 1 unspecified atom stereocenters. The van der Waals surface area contributed by atoms with Gasteiger partial charge in [-0.1, -0.05) is 35.9 Å². The maximum atomic E-state index is 6.03. The molecule has 0 bridgehead atoms. The fraction of sp³-hybridized carbons (Fsp3) is 0.294. The zero-order chi connectivity index (χ0) is 14.5. The van der Waals surface area contributed by atoms with Crippen molar-refractivity contribution in [1.29, 1.82) is 0 Å². The summed E-state index contributed by atoms with van der Waals surface area (Å²) < 4.78 is 5.18. The molecule has 3 heteroatoms. The van der Waals surface area contributed by atoms with Crippen molar-refractivity contribution in [3.8, 4) is 5.75 Å². The van der Waals surface area contributed by atoms with Crippen molar-refractivity contribution in [1.82, 2.24) is 5.32 Å². The predicted molar refractivity (Wildman–Crippen MR) is 84.4 cm³/mol. The number of benzene rings is 2.